The van der Waals surface area contributed by atoms with Crippen molar-refractivity contribution in [1.82, 2.24) is 10.6 Å². The van der Waals surface area contributed by atoms with E-state index in [0.29, 0.717) is 30.1 Å². The molecule has 2 aliphatic rings. The number of halogens is 2. The van der Waals surface area contributed by atoms with Gasteiger partial charge in [-0.1, -0.05) is 6.42 Å². The van der Waals surface area contributed by atoms with Gasteiger partial charge in [0.1, 0.15) is 11.6 Å². The molecule has 1 aromatic carbocycles. The van der Waals surface area contributed by atoms with Gasteiger partial charge in [0.15, 0.2) is 0 Å². The Morgan fingerprint density at radius 3 is 3.00 bits per heavy atom. The Bertz CT molecular complexity index is 477. The second-order valence-electron chi connectivity index (χ2n) is 5.95. The zero-order valence-corrected chi connectivity index (χ0v) is 12.1. The predicted molar refractivity (Wildman–Crippen MR) is 76.9 cm³/mol. The highest BCUT2D eigenvalue weighted by molar-refractivity contribution is 5.18. The summed E-state index contributed by atoms with van der Waals surface area (Å²) in [5, 5.41) is 6.92. The van der Waals surface area contributed by atoms with Crippen LogP contribution in [0, 0.1) is 17.6 Å². The van der Waals surface area contributed by atoms with Crippen LogP contribution in [0.15, 0.2) is 18.2 Å². The van der Waals surface area contributed by atoms with Gasteiger partial charge in [0.2, 0.25) is 0 Å². The molecule has 116 valence electrons. The van der Waals surface area contributed by atoms with Gasteiger partial charge in [0.25, 0.3) is 0 Å². The topological polar surface area (TPSA) is 33.3 Å². The van der Waals surface area contributed by atoms with E-state index < -0.39 is 5.82 Å². The largest absolute Gasteiger partial charge is 0.379 e. The Kier molecular flexibility index (Phi) is 4.83. The van der Waals surface area contributed by atoms with E-state index in [1.54, 1.807) is 0 Å². The van der Waals surface area contributed by atoms with Gasteiger partial charge in [-0.25, -0.2) is 8.78 Å². The molecular formula is C16H22F2N2O. The van der Waals surface area contributed by atoms with E-state index in [9.17, 15) is 8.78 Å². The quantitative estimate of drug-likeness (QED) is 0.894. The number of ether oxygens (including phenoxy) is 1. The summed E-state index contributed by atoms with van der Waals surface area (Å²) in [6.07, 6.45) is 3.41. The molecule has 3 atom stereocenters. The highest BCUT2D eigenvalue weighted by Gasteiger charge is 2.34. The van der Waals surface area contributed by atoms with Gasteiger partial charge in [-0.3, -0.25) is 0 Å². The van der Waals surface area contributed by atoms with Crippen LogP contribution < -0.4 is 10.6 Å². The molecule has 0 radical (unpaired) electrons. The lowest BCUT2D eigenvalue weighted by Crippen LogP contribution is -2.50. The maximum Gasteiger partial charge on any atom is 0.127 e. The third kappa shape index (κ3) is 3.59. The fourth-order valence-corrected chi connectivity index (χ4v) is 3.50. The zero-order chi connectivity index (χ0) is 14.7. The van der Waals surface area contributed by atoms with Gasteiger partial charge in [0.05, 0.1) is 13.2 Å². The molecule has 3 unspecified atom stereocenters. The van der Waals surface area contributed by atoms with E-state index in [1.807, 2.05) is 0 Å². The Labute approximate surface area is 124 Å². The maximum atomic E-state index is 13.7. The lowest BCUT2D eigenvalue weighted by atomic mass is 9.94. The Hall–Kier alpha value is -1.04. The van der Waals surface area contributed by atoms with Crippen molar-refractivity contribution in [3.05, 3.63) is 35.4 Å². The molecule has 2 fully saturated rings. The fraction of sp³-hybridized carbons (Fsp3) is 0.625. The average Bonchev–Trinajstić information content (AvgIpc) is 2.97. The highest BCUT2D eigenvalue weighted by Crippen LogP contribution is 2.29. The zero-order valence-electron chi connectivity index (χ0n) is 12.1. The van der Waals surface area contributed by atoms with Gasteiger partial charge in [-0.2, -0.15) is 0 Å². The summed E-state index contributed by atoms with van der Waals surface area (Å²) in [6, 6.07) is 4.33. The molecule has 21 heavy (non-hydrogen) atoms. The summed E-state index contributed by atoms with van der Waals surface area (Å²) in [7, 11) is 0. The number of benzene rings is 1. The monoisotopic (exact) mass is 296 g/mol. The normalized spacial score (nSPS) is 29.7. The maximum absolute atomic E-state index is 13.7. The van der Waals surface area contributed by atoms with Crippen molar-refractivity contribution in [2.24, 2.45) is 5.92 Å². The molecule has 3 rings (SSSR count). The van der Waals surface area contributed by atoms with Crippen molar-refractivity contribution in [3.63, 3.8) is 0 Å². The van der Waals surface area contributed by atoms with Crippen molar-refractivity contribution in [2.75, 3.05) is 19.8 Å². The number of rotatable bonds is 4. The van der Waals surface area contributed by atoms with Gasteiger partial charge < -0.3 is 15.4 Å². The second-order valence-corrected chi connectivity index (χ2v) is 5.95. The van der Waals surface area contributed by atoms with Crippen LogP contribution in [0.3, 0.4) is 0 Å². The summed E-state index contributed by atoms with van der Waals surface area (Å²) >= 11 is 0. The summed E-state index contributed by atoms with van der Waals surface area (Å²) in [5.41, 5.74) is 0.397. The van der Waals surface area contributed by atoms with E-state index in [1.165, 1.54) is 18.6 Å². The first-order valence-electron chi connectivity index (χ1n) is 7.72. The molecule has 1 aliphatic carbocycles. The third-order valence-electron chi connectivity index (χ3n) is 4.60. The van der Waals surface area contributed by atoms with E-state index >= 15 is 0 Å². The highest BCUT2D eigenvalue weighted by atomic mass is 19.1. The first-order valence-corrected chi connectivity index (χ1v) is 7.72. The molecule has 0 spiro atoms. The van der Waals surface area contributed by atoms with Gasteiger partial charge >= 0.3 is 0 Å². The molecule has 1 heterocycles. The molecular weight excluding hydrogens is 274 g/mol. The van der Waals surface area contributed by atoms with E-state index in [4.69, 9.17) is 4.74 Å². The Morgan fingerprint density at radius 1 is 1.29 bits per heavy atom. The number of nitrogens with one attached hydrogen (secondary N) is 2. The van der Waals surface area contributed by atoms with Crippen LogP contribution in [0.2, 0.25) is 0 Å². The molecule has 0 aromatic heterocycles. The lowest BCUT2D eigenvalue weighted by Gasteiger charge is -2.33. The summed E-state index contributed by atoms with van der Waals surface area (Å²) in [4.78, 5) is 0. The third-order valence-corrected chi connectivity index (χ3v) is 4.60. The molecule has 1 saturated carbocycles. The standard InChI is InChI=1S/C16H22F2N2O/c17-12-4-5-14(18)11(8-12)9-20-15-3-1-2-13(15)16-10-21-7-6-19-16/h4-5,8,13,15-16,19-20H,1-3,6-7,9-10H2. The molecule has 0 bridgehead atoms. The first-order chi connectivity index (χ1) is 10.2. The minimum Gasteiger partial charge on any atom is -0.379 e. The Balaban J connectivity index is 1.59. The molecule has 5 heteroatoms. The minimum atomic E-state index is -0.390. The number of hydrogen-bond acceptors (Lipinski definition) is 3. The smallest absolute Gasteiger partial charge is 0.127 e. The second kappa shape index (κ2) is 6.81. The van der Waals surface area contributed by atoms with E-state index in [0.717, 1.165) is 38.7 Å². The van der Waals surface area contributed by atoms with Crippen LogP contribution in [0.5, 0.6) is 0 Å². The van der Waals surface area contributed by atoms with Crippen molar-refractivity contribution in [1.29, 1.82) is 0 Å². The molecule has 2 N–H and O–H groups in total. The first kappa shape index (κ1) is 14.9. The molecule has 0 amide bonds. The van der Waals surface area contributed by atoms with Crippen LogP contribution in [-0.4, -0.2) is 31.8 Å². The SMILES string of the molecule is Fc1ccc(F)c(CNC2CCCC2C2COCCN2)c1. The molecule has 1 aromatic rings. The Morgan fingerprint density at radius 2 is 2.19 bits per heavy atom. The van der Waals surface area contributed by atoms with E-state index in [2.05, 4.69) is 10.6 Å². The summed E-state index contributed by atoms with van der Waals surface area (Å²) in [6.45, 7) is 2.79. The van der Waals surface area contributed by atoms with Crippen molar-refractivity contribution < 1.29 is 13.5 Å². The lowest BCUT2D eigenvalue weighted by molar-refractivity contribution is 0.0524. The molecule has 3 nitrogen and oxygen atoms in total. The molecule has 1 aliphatic heterocycles. The van der Waals surface area contributed by atoms with Gasteiger partial charge in [-0.05, 0) is 37.0 Å². The predicted octanol–water partition coefficient (Wildman–Crippen LogP) is 2.21. The van der Waals surface area contributed by atoms with Crippen LogP contribution in [-0.2, 0) is 11.3 Å². The van der Waals surface area contributed by atoms with Crippen molar-refractivity contribution in [3.8, 4) is 0 Å². The van der Waals surface area contributed by atoms with Gasteiger partial charge in [-0.15, -0.1) is 0 Å². The van der Waals surface area contributed by atoms with Gasteiger partial charge in [0, 0.05) is 30.7 Å². The van der Waals surface area contributed by atoms with Crippen LogP contribution >= 0.6 is 0 Å². The summed E-state index contributed by atoms with van der Waals surface area (Å²) < 4.78 is 32.4. The molecule has 1 saturated heterocycles. The van der Waals surface area contributed by atoms with Crippen LogP contribution in [0.25, 0.3) is 0 Å². The minimum absolute atomic E-state index is 0.340. The summed E-state index contributed by atoms with van der Waals surface area (Å²) in [5.74, 6) is -0.238. The van der Waals surface area contributed by atoms with Crippen LogP contribution in [0.1, 0.15) is 24.8 Å². The number of morpholine rings is 1. The number of hydrogen-bond donors (Lipinski definition) is 2. The van der Waals surface area contributed by atoms with Crippen molar-refractivity contribution in [2.45, 2.75) is 37.9 Å². The average molecular weight is 296 g/mol. The fourth-order valence-electron chi connectivity index (χ4n) is 3.50. The van der Waals surface area contributed by atoms with E-state index in [-0.39, 0.29) is 5.82 Å². The van der Waals surface area contributed by atoms with Crippen molar-refractivity contribution >= 4 is 0 Å². The van der Waals surface area contributed by atoms with Crippen LogP contribution in [0.4, 0.5) is 8.78 Å².